The number of guanidine groups is 1. The van der Waals surface area contributed by atoms with E-state index in [1.807, 2.05) is 26.0 Å². The summed E-state index contributed by atoms with van der Waals surface area (Å²) in [6.45, 7) is 4.52. The van der Waals surface area contributed by atoms with Crippen molar-refractivity contribution in [1.29, 1.82) is 5.26 Å². The molecule has 7 nitrogen and oxygen atoms in total. The van der Waals surface area contributed by atoms with Gasteiger partial charge in [-0.25, -0.2) is 9.07 Å². The van der Waals surface area contributed by atoms with Crippen LogP contribution in [0, 0.1) is 31.0 Å². The number of nitriles is 1. The molecule has 0 atom stereocenters. The van der Waals surface area contributed by atoms with E-state index >= 15 is 0 Å². The molecule has 8 heteroatoms. The Hall–Kier alpha value is -3.86. The maximum absolute atomic E-state index is 13.2. The van der Waals surface area contributed by atoms with Gasteiger partial charge in [0.25, 0.3) is 0 Å². The van der Waals surface area contributed by atoms with Crippen molar-refractivity contribution in [2.24, 2.45) is 10.7 Å². The molecule has 3 aromatic rings. The predicted octanol–water partition coefficient (Wildman–Crippen LogP) is 3.44. The van der Waals surface area contributed by atoms with E-state index in [0.717, 1.165) is 16.8 Å². The lowest BCUT2D eigenvalue weighted by Crippen LogP contribution is -2.23. The number of nitrogens with one attached hydrogen (secondary N) is 1. The van der Waals surface area contributed by atoms with Gasteiger partial charge in [-0.3, -0.25) is 4.99 Å². The Morgan fingerprint density at radius 3 is 2.50 bits per heavy atom. The zero-order valence-corrected chi connectivity index (χ0v) is 17.0. The molecular formula is C22H24FN7. The number of nitrogens with two attached hydrogens (primary N) is 2. The zero-order valence-electron chi connectivity index (χ0n) is 17.0. The van der Waals surface area contributed by atoms with Gasteiger partial charge in [0.15, 0.2) is 5.96 Å². The topological polar surface area (TPSA) is 118 Å². The van der Waals surface area contributed by atoms with E-state index in [2.05, 4.69) is 27.5 Å². The maximum Gasteiger partial charge on any atom is 0.193 e. The molecule has 0 saturated carbocycles. The average Bonchev–Trinajstić information content (AvgIpc) is 3.00. The first-order chi connectivity index (χ1) is 14.4. The Morgan fingerprint density at radius 1 is 1.20 bits per heavy atom. The van der Waals surface area contributed by atoms with Gasteiger partial charge in [-0.15, -0.1) is 0 Å². The highest BCUT2D eigenvalue weighted by molar-refractivity contribution is 5.92. The smallest absolute Gasteiger partial charge is 0.193 e. The molecular weight excluding hydrogens is 381 g/mol. The molecule has 2 aromatic carbocycles. The summed E-state index contributed by atoms with van der Waals surface area (Å²) in [4.78, 5) is 4.34. The Balaban J connectivity index is 1.64. The Labute approximate surface area is 174 Å². The number of aromatic nitrogens is 2. The highest BCUT2D eigenvalue weighted by Gasteiger charge is 2.16. The fraction of sp³-hybridized carbons (Fsp3) is 0.227. The number of nitrogens with zero attached hydrogens (tertiary/aromatic N) is 4. The second-order valence-corrected chi connectivity index (χ2v) is 7.08. The summed E-state index contributed by atoms with van der Waals surface area (Å²) >= 11 is 0. The number of aryl methyl sites for hydroxylation is 3. The molecule has 154 valence electrons. The average molecular weight is 405 g/mol. The van der Waals surface area contributed by atoms with Crippen LogP contribution >= 0.6 is 0 Å². The second-order valence-electron chi connectivity index (χ2n) is 7.08. The SMILES string of the molecule is Cc1cc(C)cc(NC(N)=NCCCc2nn(-c3ccc(F)cc3)c(N)c2C#N)c1. The molecule has 0 spiro atoms. The summed E-state index contributed by atoms with van der Waals surface area (Å²) < 4.78 is 14.6. The third kappa shape index (κ3) is 4.94. The van der Waals surface area contributed by atoms with Gasteiger partial charge in [0.2, 0.25) is 0 Å². The lowest BCUT2D eigenvalue weighted by atomic mass is 10.1. The van der Waals surface area contributed by atoms with E-state index in [1.165, 1.54) is 16.8 Å². The van der Waals surface area contributed by atoms with Crippen LogP contribution in [0.25, 0.3) is 5.69 Å². The molecule has 0 fully saturated rings. The Morgan fingerprint density at radius 2 is 1.87 bits per heavy atom. The van der Waals surface area contributed by atoms with E-state index in [4.69, 9.17) is 11.5 Å². The number of hydrogen-bond acceptors (Lipinski definition) is 4. The van der Waals surface area contributed by atoms with Crippen molar-refractivity contribution in [2.45, 2.75) is 26.7 Å². The lowest BCUT2D eigenvalue weighted by molar-refractivity contribution is 0.627. The number of rotatable bonds is 6. The normalized spacial score (nSPS) is 11.3. The number of aliphatic imine (C=N–C) groups is 1. The highest BCUT2D eigenvalue weighted by atomic mass is 19.1. The van der Waals surface area contributed by atoms with Crippen LogP contribution < -0.4 is 16.8 Å². The molecule has 0 amide bonds. The molecule has 0 unspecified atom stereocenters. The quantitative estimate of drug-likeness (QED) is 0.330. The molecule has 0 radical (unpaired) electrons. The van der Waals surface area contributed by atoms with Gasteiger partial charge in [0.05, 0.1) is 11.4 Å². The van der Waals surface area contributed by atoms with Gasteiger partial charge >= 0.3 is 0 Å². The minimum atomic E-state index is -0.352. The summed E-state index contributed by atoms with van der Waals surface area (Å²) in [6, 6.07) is 14.0. The van der Waals surface area contributed by atoms with Crippen LogP contribution in [-0.4, -0.2) is 22.3 Å². The molecule has 0 bridgehead atoms. The van der Waals surface area contributed by atoms with E-state index in [0.29, 0.717) is 42.3 Å². The van der Waals surface area contributed by atoms with E-state index in [1.54, 1.807) is 12.1 Å². The summed E-state index contributed by atoms with van der Waals surface area (Å²) in [5.74, 6) is 0.213. The molecule has 5 N–H and O–H groups in total. The summed E-state index contributed by atoms with van der Waals surface area (Å²) in [5, 5.41) is 17.0. The number of hydrogen-bond donors (Lipinski definition) is 3. The van der Waals surface area contributed by atoms with Crippen molar-refractivity contribution in [3.63, 3.8) is 0 Å². The van der Waals surface area contributed by atoms with Crippen molar-refractivity contribution < 1.29 is 4.39 Å². The van der Waals surface area contributed by atoms with E-state index in [-0.39, 0.29) is 11.6 Å². The molecule has 1 aromatic heterocycles. The van der Waals surface area contributed by atoms with Gasteiger partial charge in [-0.2, -0.15) is 10.4 Å². The van der Waals surface area contributed by atoms with Gasteiger partial charge in [-0.05, 0) is 74.2 Å². The molecule has 0 saturated heterocycles. The molecule has 30 heavy (non-hydrogen) atoms. The Bertz CT molecular complexity index is 1090. The second kappa shape index (κ2) is 9.09. The first-order valence-electron chi connectivity index (χ1n) is 9.56. The molecule has 3 rings (SSSR count). The van der Waals surface area contributed by atoms with Crippen LogP contribution in [0.4, 0.5) is 15.9 Å². The van der Waals surface area contributed by atoms with Crippen LogP contribution in [0.5, 0.6) is 0 Å². The standard InChI is InChI=1S/C22H24FN7/c1-14-10-15(2)12-17(11-14)28-22(26)27-9-3-4-20-19(13-24)21(25)30(29-20)18-7-5-16(23)6-8-18/h5-8,10-12H,3-4,9,25H2,1-2H3,(H3,26,27,28). The van der Waals surface area contributed by atoms with E-state index in [9.17, 15) is 9.65 Å². The van der Waals surface area contributed by atoms with Crippen LogP contribution in [0.1, 0.15) is 28.8 Å². The van der Waals surface area contributed by atoms with Crippen molar-refractivity contribution >= 4 is 17.5 Å². The lowest BCUT2D eigenvalue weighted by Gasteiger charge is -2.08. The Kier molecular flexibility index (Phi) is 6.32. The van der Waals surface area contributed by atoms with Gasteiger partial charge in [0.1, 0.15) is 23.3 Å². The van der Waals surface area contributed by atoms with Gasteiger partial charge < -0.3 is 16.8 Å². The summed E-state index contributed by atoms with van der Waals surface area (Å²) in [7, 11) is 0. The number of halogens is 1. The zero-order chi connectivity index (χ0) is 21.7. The minimum Gasteiger partial charge on any atom is -0.382 e. The van der Waals surface area contributed by atoms with Crippen molar-refractivity contribution in [1.82, 2.24) is 9.78 Å². The van der Waals surface area contributed by atoms with Crippen molar-refractivity contribution in [3.05, 3.63) is 70.7 Å². The van der Waals surface area contributed by atoms with Crippen LogP contribution in [-0.2, 0) is 6.42 Å². The molecule has 1 heterocycles. The van der Waals surface area contributed by atoms with E-state index < -0.39 is 0 Å². The largest absolute Gasteiger partial charge is 0.382 e. The van der Waals surface area contributed by atoms with Crippen molar-refractivity contribution in [2.75, 3.05) is 17.6 Å². The summed E-state index contributed by atoms with van der Waals surface area (Å²) in [6.07, 6.45) is 1.16. The molecule has 0 aliphatic carbocycles. The first-order valence-corrected chi connectivity index (χ1v) is 9.56. The fourth-order valence-corrected chi connectivity index (χ4v) is 3.23. The molecule has 0 aliphatic heterocycles. The maximum atomic E-state index is 13.2. The van der Waals surface area contributed by atoms with Crippen LogP contribution in [0.2, 0.25) is 0 Å². The van der Waals surface area contributed by atoms with Crippen LogP contribution in [0.15, 0.2) is 47.5 Å². The first kappa shape index (κ1) is 20.9. The number of benzene rings is 2. The van der Waals surface area contributed by atoms with Gasteiger partial charge in [-0.1, -0.05) is 6.07 Å². The monoisotopic (exact) mass is 405 g/mol. The van der Waals surface area contributed by atoms with Crippen LogP contribution in [0.3, 0.4) is 0 Å². The minimum absolute atomic E-state index is 0.235. The highest BCUT2D eigenvalue weighted by Crippen LogP contribution is 2.22. The van der Waals surface area contributed by atoms with Crippen molar-refractivity contribution in [3.8, 4) is 11.8 Å². The number of nitrogen functional groups attached to an aromatic ring is 1. The number of anilines is 2. The third-order valence-corrected chi connectivity index (χ3v) is 4.52. The fourth-order valence-electron chi connectivity index (χ4n) is 3.23. The summed E-state index contributed by atoms with van der Waals surface area (Å²) in [5.41, 5.74) is 16.7. The third-order valence-electron chi connectivity index (χ3n) is 4.52. The van der Waals surface area contributed by atoms with Gasteiger partial charge in [0, 0.05) is 12.2 Å². The molecule has 0 aliphatic rings. The predicted molar refractivity (Wildman–Crippen MR) is 117 cm³/mol.